The number of benzene rings is 2. The van der Waals surface area contributed by atoms with Crippen molar-refractivity contribution in [1.29, 1.82) is 0 Å². The van der Waals surface area contributed by atoms with Crippen LogP contribution in [0.25, 0.3) is 22.6 Å². The van der Waals surface area contributed by atoms with Gasteiger partial charge in [-0.15, -0.1) is 0 Å². The first-order chi connectivity index (χ1) is 13.1. The molecule has 0 unspecified atom stereocenters. The standard InChI is InChI=1S/C22H20N2O3/c1-26-18-9-5-6-14(21(18)27-2)12-13-10-11-16-19(22(23)25)15-7-3-4-8-17(15)24-20(13)16/h3-9,12H,10-11H2,1-2H3,(H2,23,25)/b13-12-. The molecule has 0 bridgehead atoms. The zero-order chi connectivity index (χ0) is 19.0. The van der Waals surface area contributed by atoms with E-state index in [4.69, 9.17) is 20.2 Å². The fourth-order valence-corrected chi connectivity index (χ4v) is 3.77. The minimum Gasteiger partial charge on any atom is -0.493 e. The van der Waals surface area contributed by atoms with Gasteiger partial charge >= 0.3 is 0 Å². The maximum Gasteiger partial charge on any atom is 0.249 e. The number of ether oxygens (including phenoxy) is 2. The highest BCUT2D eigenvalue weighted by Crippen LogP contribution is 2.39. The Labute approximate surface area is 157 Å². The summed E-state index contributed by atoms with van der Waals surface area (Å²) in [7, 11) is 3.24. The Kier molecular flexibility index (Phi) is 4.28. The van der Waals surface area contributed by atoms with Crippen LogP contribution in [-0.4, -0.2) is 25.1 Å². The normalized spacial score (nSPS) is 14.4. The van der Waals surface area contributed by atoms with Gasteiger partial charge < -0.3 is 15.2 Å². The van der Waals surface area contributed by atoms with Crippen molar-refractivity contribution in [2.24, 2.45) is 5.73 Å². The summed E-state index contributed by atoms with van der Waals surface area (Å²) >= 11 is 0. The fraction of sp³-hybridized carbons (Fsp3) is 0.182. The van der Waals surface area contributed by atoms with Crippen molar-refractivity contribution < 1.29 is 14.3 Å². The number of aromatic nitrogens is 1. The number of amides is 1. The van der Waals surface area contributed by atoms with E-state index in [1.807, 2.05) is 42.5 Å². The van der Waals surface area contributed by atoms with E-state index in [-0.39, 0.29) is 0 Å². The summed E-state index contributed by atoms with van der Waals surface area (Å²) in [6.07, 6.45) is 3.59. The van der Waals surface area contributed by atoms with Gasteiger partial charge in [-0.3, -0.25) is 4.79 Å². The smallest absolute Gasteiger partial charge is 0.249 e. The molecule has 2 N–H and O–H groups in total. The zero-order valence-corrected chi connectivity index (χ0v) is 15.3. The molecule has 0 spiro atoms. The second kappa shape index (κ2) is 6.76. The van der Waals surface area contributed by atoms with Gasteiger partial charge in [0.25, 0.3) is 0 Å². The lowest BCUT2D eigenvalue weighted by molar-refractivity contribution is 0.100. The molecule has 5 nitrogen and oxygen atoms in total. The van der Waals surface area contributed by atoms with Gasteiger partial charge in [-0.1, -0.05) is 30.3 Å². The van der Waals surface area contributed by atoms with Crippen LogP contribution in [-0.2, 0) is 6.42 Å². The van der Waals surface area contributed by atoms with Crippen LogP contribution in [0.4, 0.5) is 0 Å². The van der Waals surface area contributed by atoms with Crippen LogP contribution in [0.1, 0.15) is 33.6 Å². The monoisotopic (exact) mass is 360 g/mol. The van der Waals surface area contributed by atoms with Crippen molar-refractivity contribution in [2.75, 3.05) is 14.2 Å². The number of para-hydroxylation sites is 2. The van der Waals surface area contributed by atoms with Crippen molar-refractivity contribution in [1.82, 2.24) is 4.98 Å². The average Bonchev–Trinajstić information content (AvgIpc) is 3.07. The molecule has 136 valence electrons. The lowest BCUT2D eigenvalue weighted by Gasteiger charge is -2.12. The van der Waals surface area contributed by atoms with Crippen LogP contribution in [0.3, 0.4) is 0 Å². The van der Waals surface area contributed by atoms with Gasteiger partial charge in [0.1, 0.15) is 0 Å². The number of allylic oxidation sites excluding steroid dienone is 1. The molecule has 1 heterocycles. The van der Waals surface area contributed by atoms with Crippen LogP contribution in [0, 0.1) is 0 Å². The first-order valence-electron chi connectivity index (χ1n) is 8.77. The molecule has 0 aliphatic heterocycles. The molecule has 5 heteroatoms. The molecule has 1 aliphatic rings. The van der Waals surface area contributed by atoms with E-state index >= 15 is 0 Å². The summed E-state index contributed by atoms with van der Waals surface area (Å²) in [5.41, 5.74) is 10.8. The Morgan fingerprint density at radius 2 is 1.89 bits per heavy atom. The number of fused-ring (bicyclic) bond motifs is 2. The van der Waals surface area contributed by atoms with Crippen molar-refractivity contribution in [3.63, 3.8) is 0 Å². The molecule has 2 aromatic carbocycles. The van der Waals surface area contributed by atoms with E-state index in [1.54, 1.807) is 14.2 Å². The molecule has 0 saturated carbocycles. The predicted molar refractivity (Wildman–Crippen MR) is 106 cm³/mol. The Balaban J connectivity index is 1.92. The van der Waals surface area contributed by atoms with Crippen molar-refractivity contribution in [2.45, 2.75) is 12.8 Å². The molecule has 1 aliphatic carbocycles. The minimum absolute atomic E-state index is 0.412. The summed E-state index contributed by atoms with van der Waals surface area (Å²) in [5, 5.41) is 0.809. The number of carbonyl (C=O) groups excluding carboxylic acids is 1. The first-order valence-corrected chi connectivity index (χ1v) is 8.77. The largest absolute Gasteiger partial charge is 0.493 e. The van der Waals surface area contributed by atoms with E-state index in [0.717, 1.165) is 46.1 Å². The summed E-state index contributed by atoms with van der Waals surface area (Å²) in [6, 6.07) is 13.4. The van der Waals surface area contributed by atoms with Crippen molar-refractivity contribution in [3.8, 4) is 11.5 Å². The maximum absolute atomic E-state index is 12.2. The third-order valence-electron chi connectivity index (χ3n) is 4.95. The molecule has 0 fully saturated rings. The lowest BCUT2D eigenvalue weighted by atomic mass is 10.00. The number of methoxy groups -OCH3 is 2. The second-order valence-electron chi connectivity index (χ2n) is 6.45. The third kappa shape index (κ3) is 2.81. The molecular weight excluding hydrogens is 340 g/mol. The van der Waals surface area contributed by atoms with Crippen LogP contribution in [0.5, 0.6) is 11.5 Å². The zero-order valence-electron chi connectivity index (χ0n) is 15.3. The van der Waals surface area contributed by atoms with Gasteiger partial charge in [-0.05, 0) is 42.2 Å². The topological polar surface area (TPSA) is 74.4 Å². The van der Waals surface area contributed by atoms with E-state index in [9.17, 15) is 4.79 Å². The maximum atomic E-state index is 12.2. The van der Waals surface area contributed by atoms with Gasteiger partial charge in [0.15, 0.2) is 11.5 Å². The van der Waals surface area contributed by atoms with Crippen molar-refractivity contribution in [3.05, 3.63) is 64.8 Å². The molecule has 4 rings (SSSR count). The second-order valence-corrected chi connectivity index (χ2v) is 6.45. The average molecular weight is 360 g/mol. The fourth-order valence-electron chi connectivity index (χ4n) is 3.77. The molecule has 27 heavy (non-hydrogen) atoms. The number of hydrogen-bond acceptors (Lipinski definition) is 4. The van der Waals surface area contributed by atoms with Gasteiger partial charge in [0.05, 0.1) is 31.0 Å². The number of hydrogen-bond donors (Lipinski definition) is 1. The summed E-state index contributed by atoms with van der Waals surface area (Å²) in [6.45, 7) is 0. The van der Waals surface area contributed by atoms with E-state index in [1.165, 1.54) is 0 Å². The third-order valence-corrected chi connectivity index (χ3v) is 4.95. The van der Waals surface area contributed by atoms with Crippen LogP contribution in [0.15, 0.2) is 42.5 Å². The van der Waals surface area contributed by atoms with Crippen LogP contribution >= 0.6 is 0 Å². The van der Waals surface area contributed by atoms with Crippen LogP contribution in [0.2, 0.25) is 0 Å². The van der Waals surface area contributed by atoms with E-state index in [2.05, 4.69) is 6.08 Å². The quantitative estimate of drug-likeness (QED) is 0.767. The molecule has 0 atom stereocenters. The molecule has 0 saturated heterocycles. The van der Waals surface area contributed by atoms with Crippen LogP contribution < -0.4 is 15.2 Å². The van der Waals surface area contributed by atoms with Gasteiger partial charge in [-0.25, -0.2) is 4.98 Å². The Bertz CT molecular complexity index is 1090. The molecule has 1 amide bonds. The molecular formula is C22H20N2O3. The molecule has 3 aromatic rings. The van der Waals surface area contributed by atoms with Crippen molar-refractivity contribution >= 4 is 28.5 Å². The Morgan fingerprint density at radius 1 is 1.07 bits per heavy atom. The minimum atomic E-state index is -0.412. The number of primary amides is 1. The highest BCUT2D eigenvalue weighted by molar-refractivity contribution is 6.08. The SMILES string of the molecule is COc1cccc(/C=C2/CCc3c2nc2ccccc2c3C(N)=O)c1OC. The Hall–Kier alpha value is -3.34. The summed E-state index contributed by atoms with van der Waals surface area (Å²) in [5.74, 6) is 0.941. The highest BCUT2D eigenvalue weighted by atomic mass is 16.5. The van der Waals surface area contributed by atoms with Gasteiger partial charge in [-0.2, -0.15) is 0 Å². The number of pyridine rings is 1. The van der Waals surface area contributed by atoms with Gasteiger partial charge in [0, 0.05) is 10.9 Å². The lowest BCUT2D eigenvalue weighted by Crippen LogP contribution is -2.15. The number of nitrogens with zero attached hydrogens (tertiary/aromatic N) is 1. The number of carbonyl (C=O) groups is 1. The van der Waals surface area contributed by atoms with E-state index in [0.29, 0.717) is 17.1 Å². The predicted octanol–water partition coefficient (Wildman–Crippen LogP) is 3.84. The highest BCUT2D eigenvalue weighted by Gasteiger charge is 2.26. The summed E-state index contributed by atoms with van der Waals surface area (Å²) < 4.78 is 10.9. The molecule has 1 aromatic heterocycles. The van der Waals surface area contributed by atoms with E-state index < -0.39 is 5.91 Å². The number of rotatable bonds is 4. The van der Waals surface area contributed by atoms with Gasteiger partial charge in [0.2, 0.25) is 5.91 Å². The Morgan fingerprint density at radius 3 is 2.63 bits per heavy atom. The molecule has 0 radical (unpaired) electrons. The first kappa shape index (κ1) is 17.1. The number of nitrogens with two attached hydrogens (primary N) is 1. The summed E-state index contributed by atoms with van der Waals surface area (Å²) in [4.78, 5) is 17.0.